The number of halogens is 2. The van der Waals surface area contributed by atoms with Crippen LogP contribution in [0.25, 0.3) is 11.0 Å². The summed E-state index contributed by atoms with van der Waals surface area (Å²) >= 11 is 0. The number of terminal acetylenes is 1. The number of hydrogen-bond acceptors (Lipinski definition) is 6. The minimum atomic E-state index is -1.99. The molecule has 3 rings (SSSR count). The van der Waals surface area contributed by atoms with Crippen molar-refractivity contribution in [3.8, 4) is 12.3 Å². The first-order chi connectivity index (χ1) is 10.4. The summed E-state index contributed by atoms with van der Waals surface area (Å²) in [6.45, 7) is -0.791. The van der Waals surface area contributed by atoms with Gasteiger partial charge in [-0.2, -0.15) is 0 Å². The van der Waals surface area contributed by atoms with Crippen LogP contribution in [0.2, 0.25) is 0 Å². The van der Waals surface area contributed by atoms with Crippen LogP contribution in [-0.4, -0.2) is 49.2 Å². The molecular weight excluding hydrogens is 298 g/mol. The van der Waals surface area contributed by atoms with E-state index in [1.807, 2.05) is 5.92 Å². The number of alkyl halides is 1. The average Bonchev–Trinajstić information content (AvgIpc) is 2.98. The average molecular weight is 310 g/mol. The third-order valence-corrected chi connectivity index (χ3v) is 3.73. The highest BCUT2D eigenvalue weighted by molar-refractivity contribution is 5.86. The van der Waals surface area contributed by atoms with Crippen LogP contribution >= 0.6 is 0 Å². The molecule has 2 aromatic rings. The summed E-state index contributed by atoms with van der Waals surface area (Å²) in [6.07, 6.45) is 2.03. The van der Waals surface area contributed by atoms with Gasteiger partial charge in [0.25, 0.3) is 0 Å². The molecule has 1 fully saturated rings. The maximum atomic E-state index is 14.4. The number of nitrogens with zero attached hydrogens (tertiary/aromatic N) is 3. The Bertz CT molecular complexity index is 774. The molecule has 4 unspecified atom stereocenters. The fourth-order valence-electron chi connectivity index (χ4n) is 2.53. The molecule has 1 aliphatic heterocycles. The van der Waals surface area contributed by atoms with E-state index >= 15 is 0 Å². The summed E-state index contributed by atoms with van der Waals surface area (Å²) < 4.78 is 34.7. The van der Waals surface area contributed by atoms with Crippen molar-refractivity contribution in [3.63, 3.8) is 0 Å². The van der Waals surface area contributed by atoms with Gasteiger partial charge < -0.3 is 20.7 Å². The van der Waals surface area contributed by atoms with Crippen molar-refractivity contribution in [1.29, 1.82) is 0 Å². The van der Waals surface area contributed by atoms with Gasteiger partial charge in [0.2, 0.25) is 0 Å². The van der Waals surface area contributed by atoms with Gasteiger partial charge in [0, 0.05) is 6.20 Å². The number of hydrogen-bond donors (Lipinski definition) is 3. The Morgan fingerprint density at radius 2 is 2.27 bits per heavy atom. The molecule has 3 heterocycles. The van der Waals surface area contributed by atoms with Gasteiger partial charge in [-0.3, -0.25) is 4.57 Å². The molecule has 1 saturated heterocycles. The lowest BCUT2D eigenvalue weighted by atomic mass is 9.98. The molecule has 7 nitrogen and oxygen atoms in total. The molecule has 0 spiro atoms. The van der Waals surface area contributed by atoms with Crippen LogP contribution in [0, 0.1) is 18.2 Å². The normalized spacial score (nSPS) is 31.5. The fourth-order valence-corrected chi connectivity index (χ4v) is 2.53. The second-order valence-electron chi connectivity index (χ2n) is 4.93. The Labute approximate surface area is 123 Å². The van der Waals surface area contributed by atoms with Crippen LogP contribution in [0.1, 0.15) is 6.23 Å². The molecule has 22 heavy (non-hydrogen) atoms. The van der Waals surface area contributed by atoms with Gasteiger partial charge in [0.1, 0.15) is 18.2 Å². The van der Waals surface area contributed by atoms with E-state index in [9.17, 15) is 19.0 Å². The van der Waals surface area contributed by atoms with Crippen LogP contribution in [0.4, 0.5) is 14.6 Å². The van der Waals surface area contributed by atoms with Gasteiger partial charge in [-0.1, -0.05) is 5.92 Å². The van der Waals surface area contributed by atoms with Crippen molar-refractivity contribution in [3.05, 3.63) is 18.3 Å². The molecule has 0 radical (unpaired) electrons. The van der Waals surface area contributed by atoms with Crippen molar-refractivity contribution < 1.29 is 23.7 Å². The van der Waals surface area contributed by atoms with Crippen LogP contribution in [-0.2, 0) is 4.74 Å². The summed E-state index contributed by atoms with van der Waals surface area (Å²) in [4.78, 5) is 7.52. The topological polar surface area (TPSA) is 106 Å². The van der Waals surface area contributed by atoms with Gasteiger partial charge in [0.05, 0.1) is 12.0 Å². The van der Waals surface area contributed by atoms with Gasteiger partial charge in [-0.15, -0.1) is 6.42 Å². The maximum absolute atomic E-state index is 14.4. The predicted octanol–water partition coefficient (Wildman–Crippen LogP) is -0.255. The SMILES string of the molecule is C#CC1(CO)OC(n2cc(F)c3c(N)ncnc32)C(F)C1O. The number of fused-ring (bicyclic) bond motifs is 1. The Balaban J connectivity index is 2.14. The first-order valence-electron chi connectivity index (χ1n) is 6.30. The summed E-state index contributed by atoms with van der Waals surface area (Å²) in [5, 5.41) is 19.1. The number of anilines is 1. The standard InChI is InChI=1S/C13H12F2N4O3/c1-2-13(4-20)9(21)8(15)12(22-13)19-3-6(14)7-10(16)17-5-18-11(7)19/h1,3,5,8-9,12,20-21H,4H2,(H2,16,17,18). The molecule has 9 heteroatoms. The largest absolute Gasteiger partial charge is 0.392 e. The van der Waals surface area contributed by atoms with Gasteiger partial charge in [0.15, 0.2) is 29.5 Å². The zero-order valence-corrected chi connectivity index (χ0v) is 11.1. The van der Waals surface area contributed by atoms with E-state index < -0.39 is 36.5 Å². The quantitative estimate of drug-likeness (QED) is 0.660. The zero-order chi connectivity index (χ0) is 16.1. The number of aliphatic hydroxyl groups excluding tert-OH is 2. The van der Waals surface area contributed by atoms with Crippen LogP contribution in [0.15, 0.2) is 12.5 Å². The van der Waals surface area contributed by atoms with Gasteiger partial charge >= 0.3 is 0 Å². The van der Waals surface area contributed by atoms with E-state index in [0.717, 1.165) is 17.1 Å². The summed E-state index contributed by atoms with van der Waals surface area (Å²) in [5.41, 5.74) is 3.66. The molecule has 2 aromatic heterocycles. The van der Waals surface area contributed by atoms with Crippen LogP contribution < -0.4 is 5.73 Å². The van der Waals surface area contributed by atoms with Crippen molar-refractivity contribution in [2.75, 3.05) is 12.3 Å². The minimum absolute atomic E-state index is 0.00406. The fraction of sp³-hybridized carbons (Fsp3) is 0.385. The molecule has 0 aliphatic carbocycles. The van der Waals surface area contributed by atoms with Crippen LogP contribution in [0.3, 0.4) is 0 Å². The van der Waals surface area contributed by atoms with E-state index in [2.05, 4.69) is 9.97 Å². The molecule has 0 amide bonds. The first-order valence-corrected chi connectivity index (χ1v) is 6.30. The molecular formula is C13H12F2N4O3. The van der Waals surface area contributed by atoms with E-state index in [4.69, 9.17) is 16.9 Å². The third kappa shape index (κ3) is 1.78. The smallest absolute Gasteiger partial charge is 0.182 e. The van der Waals surface area contributed by atoms with Gasteiger partial charge in [-0.25, -0.2) is 18.7 Å². The van der Waals surface area contributed by atoms with E-state index in [0.29, 0.717) is 0 Å². The molecule has 0 aromatic carbocycles. The lowest BCUT2D eigenvalue weighted by molar-refractivity contribution is -0.0899. The zero-order valence-electron chi connectivity index (χ0n) is 11.1. The number of aromatic nitrogens is 3. The van der Waals surface area contributed by atoms with E-state index in [-0.39, 0.29) is 16.9 Å². The second kappa shape index (κ2) is 4.88. The molecule has 4 N–H and O–H groups in total. The highest BCUT2D eigenvalue weighted by atomic mass is 19.1. The Hall–Kier alpha value is -2.28. The van der Waals surface area contributed by atoms with Crippen molar-refractivity contribution in [2.45, 2.75) is 24.1 Å². The number of rotatable bonds is 2. The Morgan fingerprint density at radius 3 is 2.86 bits per heavy atom. The Kier molecular flexibility index (Phi) is 3.25. The van der Waals surface area contributed by atoms with Crippen molar-refractivity contribution >= 4 is 16.9 Å². The molecule has 0 saturated carbocycles. The lowest BCUT2D eigenvalue weighted by Crippen LogP contribution is -2.44. The lowest BCUT2D eigenvalue weighted by Gasteiger charge is -2.23. The second-order valence-corrected chi connectivity index (χ2v) is 4.93. The highest BCUT2D eigenvalue weighted by Gasteiger charge is 2.55. The van der Waals surface area contributed by atoms with Gasteiger partial charge in [-0.05, 0) is 0 Å². The summed E-state index contributed by atoms with van der Waals surface area (Å²) in [7, 11) is 0. The molecule has 0 bridgehead atoms. The minimum Gasteiger partial charge on any atom is -0.392 e. The number of nitrogens with two attached hydrogens (primary N) is 1. The molecule has 116 valence electrons. The van der Waals surface area contributed by atoms with E-state index in [1.165, 1.54) is 0 Å². The monoisotopic (exact) mass is 310 g/mol. The molecule has 4 atom stereocenters. The highest BCUT2D eigenvalue weighted by Crippen LogP contribution is 2.40. The number of nitrogen functional groups attached to an aromatic ring is 1. The third-order valence-electron chi connectivity index (χ3n) is 3.73. The number of ether oxygens (including phenoxy) is 1. The van der Waals surface area contributed by atoms with Crippen molar-refractivity contribution in [2.24, 2.45) is 0 Å². The predicted molar refractivity (Wildman–Crippen MR) is 71.6 cm³/mol. The molecule has 1 aliphatic rings. The Morgan fingerprint density at radius 1 is 1.55 bits per heavy atom. The summed E-state index contributed by atoms with van der Waals surface area (Å²) in [6, 6.07) is 0. The van der Waals surface area contributed by atoms with Crippen molar-refractivity contribution in [1.82, 2.24) is 14.5 Å². The van der Waals surface area contributed by atoms with Crippen LogP contribution in [0.5, 0.6) is 0 Å². The maximum Gasteiger partial charge on any atom is 0.182 e. The number of aliphatic hydroxyl groups is 2. The first kappa shape index (κ1) is 14.6. The summed E-state index contributed by atoms with van der Waals surface area (Å²) in [5.74, 6) is 1.17. The van der Waals surface area contributed by atoms with E-state index in [1.54, 1.807) is 0 Å².